The van der Waals surface area contributed by atoms with Crippen molar-refractivity contribution in [1.29, 1.82) is 0 Å². The molecule has 0 aliphatic heterocycles. The van der Waals surface area contributed by atoms with Gasteiger partial charge in [-0.05, 0) is 5.20 Å². The topological polar surface area (TPSA) is 17.1 Å². The van der Waals surface area contributed by atoms with Crippen molar-refractivity contribution in [2.45, 2.75) is 33.0 Å². The number of carbonyl (C=O) groups excluding carboxylic acids is 1. The van der Waals surface area contributed by atoms with E-state index in [2.05, 4.69) is 26.2 Å². The fraction of sp³-hybridized carbons (Fsp3) is 0.625. The Kier molecular flexibility index (Phi) is 3.03. The van der Waals surface area contributed by atoms with E-state index in [-0.39, 0.29) is 5.78 Å². The molecular formula is C8H16OSi. The van der Waals surface area contributed by atoms with Crippen molar-refractivity contribution < 1.29 is 4.79 Å². The van der Waals surface area contributed by atoms with Crippen LogP contribution in [0.2, 0.25) is 19.6 Å². The molecule has 0 aliphatic carbocycles. The average Bonchev–Trinajstić information content (AvgIpc) is 1.83. The Morgan fingerprint density at radius 1 is 1.40 bits per heavy atom. The zero-order chi connectivity index (χ0) is 8.36. The lowest BCUT2D eigenvalue weighted by Gasteiger charge is -2.17. The van der Waals surface area contributed by atoms with Crippen LogP contribution < -0.4 is 0 Å². The smallest absolute Gasteiger partial charge is 0.154 e. The molecule has 1 nitrogen and oxygen atoms in total. The van der Waals surface area contributed by atoms with Crippen LogP contribution in [0, 0.1) is 0 Å². The molecule has 2 heteroatoms. The molecule has 0 aromatic carbocycles. The van der Waals surface area contributed by atoms with E-state index in [9.17, 15) is 4.79 Å². The van der Waals surface area contributed by atoms with E-state index in [4.69, 9.17) is 0 Å². The van der Waals surface area contributed by atoms with Gasteiger partial charge in [0.25, 0.3) is 0 Å². The Bertz CT molecular complexity index is 153. The summed E-state index contributed by atoms with van der Waals surface area (Å²) in [5.74, 6) is 0.235. The van der Waals surface area contributed by atoms with Crippen LogP contribution >= 0.6 is 0 Å². The third-order valence-corrected chi connectivity index (χ3v) is 3.65. The van der Waals surface area contributed by atoms with Crippen molar-refractivity contribution in [2.75, 3.05) is 0 Å². The summed E-state index contributed by atoms with van der Waals surface area (Å²) in [4.78, 5) is 11.1. The molecule has 58 valence electrons. The Hall–Kier alpha value is -0.373. The van der Waals surface area contributed by atoms with Crippen LogP contribution in [0.25, 0.3) is 0 Å². The quantitative estimate of drug-likeness (QED) is 0.453. The molecule has 0 heterocycles. The van der Waals surface area contributed by atoms with E-state index in [0.717, 1.165) is 5.20 Å². The van der Waals surface area contributed by atoms with Crippen LogP contribution in [0.15, 0.2) is 11.8 Å². The van der Waals surface area contributed by atoms with Gasteiger partial charge in [-0.2, -0.15) is 0 Å². The summed E-state index contributed by atoms with van der Waals surface area (Å²) in [6.07, 6.45) is 0.600. The van der Waals surface area contributed by atoms with Crippen LogP contribution in [0.5, 0.6) is 0 Å². The summed E-state index contributed by atoms with van der Waals surface area (Å²) < 4.78 is 0. The average molecular weight is 156 g/mol. The second kappa shape index (κ2) is 3.15. The zero-order valence-corrected chi connectivity index (χ0v) is 8.32. The van der Waals surface area contributed by atoms with E-state index in [1.807, 2.05) is 6.92 Å². The highest BCUT2D eigenvalue weighted by atomic mass is 28.3. The molecular weight excluding hydrogens is 140 g/mol. The largest absolute Gasteiger partial charge is 0.295 e. The summed E-state index contributed by atoms with van der Waals surface area (Å²) >= 11 is 0. The predicted molar refractivity (Wildman–Crippen MR) is 47.8 cm³/mol. The van der Waals surface area contributed by atoms with Crippen molar-refractivity contribution in [2.24, 2.45) is 0 Å². The Balaban J connectivity index is 4.24. The number of ketones is 1. The number of Topliss-reactive ketones (excluding diaryl/α,β-unsaturated/α-hetero) is 1. The minimum Gasteiger partial charge on any atom is -0.295 e. The van der Waals surface area contributed by atoms with Crippen LogP contribution in [-0.4, -0.2) is 13.9 Å². The number of hydrogen-bond donors (Lipinski definition) is 0. The molecule has 0 spiro atoms. The second-order valence-corrected chi connectivity index (χ2v) is 8.61. The first-order valence-electron chi connectivity index (χ1n) is 3.62. The van der Waals surface area contributed by atoms with Gasteiger partial charge in [-0.1, -0.05) is 33.1 Å². The third-order valence-electron chi connectivity index (χ3n) is 1.56. The molecule has 0 N–H and O–H groups in total. The fourth-order valence-electron chi connectivity index (χ4n) is 0.632. The zero-order valence-electron chi connectivity index (χ0n) is 7.32. The van der Waals surface area contributed by atoms with Gasteiger partial charge < -0.3 is 0 Å². The van der Waals surface area contributed by atoms with Gasteiger partial charge in [0.2, 0.25) is 0 Å². The van der Waals surface area contributed by atoms with Crippen molar-refractivity contribution in [3.05, 3.63) is 11.8 Å². The summed E-state index contributed by atoms with van der Waals surface area (Å²) in [5, 5.41) is 0.870. The van der Waals surface area contributed by atoms with Gasteiger partial charge in [-0.3, -0.25) is 4.79 Å². The Labute approximate surface area is 64.1 Å². The first-order valence-corrected chi connectivity index (χ1v) is 7.12. The SMILES string of the molecule is C=C(C(=O)CC)[Si](C)(C)C. The molecule has 0 amide bonds. The van der Waals surface area contributed by atoms with Gasteiger partial charge in [-0.15, -0.1) is 0 Å². The maximum atomic E-state index is 11.1. The van der Waals surface area contributed by atoms with E-state index in [0.29, 0.717) is 6.42 Å². The van der Waals surface area contributed by atoms with Crippen molar-refractivity contribution in [1.82, 2.24) is 0 Å². The minimum atomic E-state index is -1.39. The lowest BCUT2D eigenvalue weighted by molar-refractivity contribution is -0.114. The van der Waals surface area contributed by atoms with Crippen molar-refractivity contribution in [3.8, 4) is 0 Å². The highest BCUT2D eigenvalue weighted by molar-refractivity contribution is 6.87. The van der Waals surface area contributed by atoms with Gasteiger partial charge >= 0.3 is 0 Å². The minimum absolute atomic E-state index is 0.235. The highest BCUT2D eigenvalue weighted by Crippen LogP contribution is 2.13. The molecule has 0 rings (SSSR count). The monoisotopic (exact) mass is 156 g/mol. The second-order valence-electron chi connectivity index (χ2n) is 3.51. The molecule has 10 heavy (non-hydrogen) atoms. The highest BCUT2D eigenvalue weighted by Gasteiger charge is 2.21. The number of hydrogen-bond acceptors (Lipinski definition) is 1. The van der Waals surface area contributed by atoms with Gasteiger partial charge in [-0.25, -0.2) is 0 Å². The fourth-order valence-corrected chi connectivity index (χ4v) is 1.64. The lowest BCUT2D eigenvalue weighted by atomic mass is 10.3. The van der Waals surface area contributed by atoms with E-state index in [1.54, 1.807) is 0 Å². The van der Waals surface area contributed by atoms with E-state index >= 15 is 0 Å². The van der Waals surface area contributed by atoms with Crippen molar-refractivity contribution in [3.63, 3.8) is 0 Å². The third kappa shape index (κ3) is 2.48. The molecule has 0 atom stereocenters. The summed E-state index contributed by atoms with van der Waals surface area (Å²) in [5.41, 5.74) is 0. The molecule has 0 unspecified atom stereocenters. The van der Waals surface area contributed by atoms with E-state index in [1.165, 1.54) is 0 Å². The van der Waals surface area contributed by atoms with Crippen LogP contribution in [0.3, 0.4) is 0 Å². The Morgan fingerprint density at radius 3 is 1.90 bits per heavy atom. The summed E-state index contributed by atoms with van der Waals surface area (Å²) in [6.45, 7) is 12.1. The molecule has 0 aliphatic rings. The number of carbonyl (C=O) groups is 1. The molecule has 0 aromatic heterocycles. The summed E-state index contributed by atoms with van der Waals surface area (Å²) in [6, 6.07) is 0. The first kappa shape index (κ1) is 9.63. The van der Waals surface area contributed by atoms with Crippen molar-refractivity contribution >= 4 is 13.9 Å². The predicted octanol–water partition coefficient (Wildman–Crippen LogP) is 2.40. The molecule has 0 bridgehead atoms. The maximum absolute atomic E-state index is 11.1. The normalized spacial score (nSPS) is 11.2. The molecule has 0 saturated heterocycles. The standard InChI is InChI=1S/C8H16OSi/c1-6-8(9)7(2)10(3,4)5/h2,6H2,1,3-5H3. The molecule has 0 saturated carbocycles. The maximum Gasteiger partial charge on any atom is 0.154 e. The first-order chi connectivity index (χ1) is 4.39. The molecule has 0 fully saturated rings. The Morgan fingerprint density at radius 2 is 1.80 bits per heavy atom. The van der Waals surface area contributed by atoms with Gasteiger partial charge in [0.1, 0.15) is 0 Å². The van der Waals surface area contributed by atoms with Crippen LogP contribution in [0.4, 0.5) is 0 Å². The van der Waals surface area contributed by atoms with Gasteiger partial charge in [0, 0.05) is 6.42 Å². The molecule has 0 radical (unpaired) electrons. The van der Waals surface area contributed by atoms with Gasteiger partial charge in [0.15, 0.2) is 5.78 Å². The summed E-state index contributed by atoms with van der Waals surface area (Å²) in [7, 11) is -1.39. The lowest BCUT2D eigenvalue weighted by Crippen LogP contribution is -2.28. The van der Waals surface area contributed by atoms with E-state index < -0.39 is 8.07 Å². The van der Waals surface area contributed by atoms with Crippen LogP contribution in [-0.2, 0) is 4.79 Å². The number of rotatable bonds is 3. The van der Waals surface area contributed by atoms with Crippen LogP contribution in [0.1, 0.15) is 13.3 Å². The molecule has 0 aromatic rings. The van der Waals surface area contributed by atoms with Gasteiger partial charge in [0.05, 0.1) is 8.07 Å². The number of allylic oxidation sites excluding steroid dienone is 1.